The van der Waals surface area contributed by atoms with Gasteiger partial charge in [-0.3, -0.25) is 0 Å². The summed E-state index contributed by atoms with van der Waals surface area (Å²) in [6.07, 6.45) is 3.92. The van der Waals surface area contributed by atoms with E-state index in [1.54, 1.807) is 6.08 Å². The molecule has 0 saturated carbocycles. The molecule has 0 N–H and O–H groups in total. The SMILES string of the molecule is C/C=C(\C)C(C)(C)C.C=CC.CC.CC(C)(C)C. The molecule has 0 aliphatic carbocycles. The molecule has 0 aromatic rings. The second-order valence-corrected chi connectivity index (χ2v) is 6.63. The lowest BCUT2D eigenvalue weighted by Gasteiger charge is -2.18. The summed E-state index contributed by atoms with van der Waals surface area (Å²) in [4.78, 5) is 0. The maximum Gasteiger partial charge on any atom is -0.0176 e. The molecule has 0 atom stereocenters. The van der Waals surface area contributed by atoms with Crippen LogP contribution in [0.15, 0.2) is 24.3 Å². The van der Waals surface area contributed by atoms with Crippen LogP contribution in [0.1, 0.15) is 83.1 Å². The Balaban J connectivity index is -0.0000000842. The van der Waals surface area contributed by atoms with Crippen LogP contribution in [-0.4, -0.2) is 0 Å². The monoisotopic (exact) mass is 256 g/mol. The molecule has 0 aliphatic heterocycles. The number of hydrogen-bond acceptors (Lipinski definition) is 0. The van der Waals surface area contributed by atoms with Crippen molar-refractivity contribution in [1.82, 2.24) is 0 Å². The van der Waals surface area contributed by atoms with Gasteiger partial charge in [-0.2, -0.15) is 0 Å². The second kappa shape index (κ2) is 14.5. The van der Waals surface area contributed by atoms with E-state index in [2.05, 4.69) is 75.0 Å². The van der Waals surface area contributed by atoms with E-state index < -0.39 is 0 Å². The Kier molecular flexibility index (Phi) is 21.1. The van der Waals surface area contributed by atoms with Crippen molar-refractivity contribution in [3.8, 4) is 0 Å². The van der Waals surface area contributed by atoms with Crippen LogP contribution in [-0.2, 0) is 0 Å². The molecule has 0 aliphatic rings. The van der Waals surface area contributed by atoms with Gasteiger partial charge < -0.3 is 0 Å². The van der Waals surface area contributed by atoms with Gasteiger partial charge in [0.1, 0.15) is 0 Å². The van der Waals surface area contributed by atoms with Crippen LogP contribution in [0.2, 0.25) is 0 Å². The van der Waals surface area contributed by atoms with Crippen molar-refractivity contribution >= 4 is 0 Å². The molecule has 112 valence electrons. The van der Waals surface area contributed by atoms with Crippen LogP contribution >= 0.6 is 0 Å². The van der Waals surface area contributed by atoms with E-state index in [1.165, 1.54) is 5.57 Å². The minimum absolute atomic E-state index is 0.370. The van der Waals surface area contributed by atoms with Crippen molar-refractivity contribution in [2.75, 3.05) is 0 Å². The Morgan fingerprint density at radius 3 is 1.00 bits per heavy atom. The zero-order valence-corrected chi connectivity index (χ0v) is 15.4. The average molecular weight is 257 g/mol. The molecule has 0 spiro atoms. The van der Waals surface area contributed by atoms with Crippen LogP contribution in [0.5, 0.6) is 0 Å². The van der Waals surface area contributed by atoms with E-state index in [0.717, 1.165) is 0 Å². The summed E-state index contributed by atoms with van der Waals surface area (Å²) in [5, 5.41) is 0. The van der Waals surface area contributed by atoms with Crippen LogP contribution in [0, 0.1) is 10.8 Å². The Morgan fingerprint density at radius 1 is 0.833 bits per heavy atom. The lowest BCUT2D eigenvalue weighted by atomic mass is 9.88. The van der Waals surface area contributed by atoms with Gasteiger partial charge in [-0.25, -0.2) is 0 Å². The molecule has 0 saturated heterocycles. The van der Waals surface area contributed by atoms with Gasteiger partial charge in [-0.1, -0.05) is 80.0 Å². The van der Waals surface area contributed by atoms with Crippen molar-refractivity contribution in [3.63, 3.8) is 0 Å². The van der Waals surface area contributed by atoms with E-state index >= 15 is 0 Å². The second-order valence-electron chi connectivity index (χ2n) is 6.63. The van der Waals surface area contributed by atoms with Crippen LogP contribution in [0.3, 0.4) is 0 Å². The quantitative estimate of drug-likeness (QED) is 0.400. The lowest BCUT2D eigenvalue weighted by Crippen LogP contribution is -2.05. The summed E-state index contributed by atoms with van der Waals surface area (Å²) in [6, 6.07) is 0. The fourth-order valence-electron chi connectivity index (χ4n) is 0.433. The van der Waals surface area contributed by atoms with Crippen molar-refractivity contribution in [2.24, 2.45) is 10.8 Å². The zero-order chi connectivity index (χ0) is 16.0. The molecule has 18 heavy (non-hydrogen) atoms. The van der Waals surface area contributed by atoms with Gasteiger partial charge in [-0.05, 0) is 31.6 Å². The normalized spacial score (nSPS) is 10.8. The molecule has 0 heterocycles. The van der Waals surface area contributed by atoms with Gasteiger partial charge in [0.2, 0.25) is 0 Å². The lowest BCUT2D eigenvalue weighted by molar-refractivity contribution is 0.469. The molecule has 0 radical (unpaired) electrons. The molecule has 0 unspecified atom stereocenters. The highest BCUT2D eigenvalue weighted by atomic mass is 14.2. The third-order valence-corrected chi connectivity index (χ3v) is 1.62. The van der Waals surface area contributed by atoms with Crippen LogP contribution in [0.25, 0.3) is 0 Å². The van der Waals surface area contributed by atoms with Gasteiger partial charge in [0, 0.05) is 0 Å². The average Bonchev–Trinajstić information content (AvgIpc) is 2.17. The number of hydrogen-bond donors (Lipinski definition) is 0. The summed E-state index contributed by atoms with van der Waals surface area (Å²) >= 11 is 0. The van der Waals surface area contributed by atoms with Crippen molar-refractivity contribution < 1.29 is 0 Å². The third kappa shape index (κ3) is 58.0. The fourth-order valence-corrected chi connectivity index (χ4v) is 0.433. The highest BCUT2D eigenvalue weighted by molar-refractivity contribution is 5.05. The van der Waals surface area contributed by atoms with Gasteiger partial charge >= 0.3 is 0 Å². The summed E-state index contributed by atoms with van der Waals surface area (Å²) in [6.45, 7) is 28.9. The highest BCUT2D eigenvalue weighted by Crippen LogP contribution is 2.23. The van der Waals surface area contributed by atoms with Crippen molar-refractivity contribution in [2.45, 2.75) is 83.1 Å². The standard InChI is InChI=1S/C8H16.C5H12.C3H6.C2H6/c1-6-7(2)8(3,4)5;1-5(2,3)4;1-3-2;1-2/h6H,1-5H3;1-4H3;3H,1H2,2H3;1-2H3/b7-6+;;;. The summed E-state index contributed by atoms with van der Waals surface area (Å²) < 4.78 is 0. The summed E-state index contributed by atoms with van der Waals surface area (Å²) in [7, 11) is 0. The molecular weight excluding hydrogens is 216 g/mol. The Morgan fingerprint density at radius 2 is 1.00 bits per heavy atom. The maximum absolute atomic E-state index is 3.36. The topological polar surface area (TPSA) is 0 Å². The number of allylic oxidation sites excluding steroid dienone is 3. The summed E-state index contributed by atoms with van der Waals surface area (Å²) in [5.74, 6) is 0. The van der Waals surface area contributed by atoms with Gasteiger partial charge in [0.25, 0.3) is 0 Å². The molecule has 0 nitrogen and oxygen atoms in total. The maximum atomic E-state index is 3.36. The van der Waals surface area contributed by atoms with Crippen LogP contribution < -0.4 is 0 Å². The molecule has 0 amide bonds. The van der Waals surface area contributed by atoms with Gasteiger partial charge in [-0.15, -0.1) is 6.58 Å². The first-order chi connectivity index (χ1) is 7.90. The molecule has 0 fully saturated rings. The molecule has 0 rings (SSSR count). The first-order valence-corrected chi connectivity index (χ1v) is 7.10. The van der Waals surface area contributed by atoms with Gasteiger partial charge in [0.15, 0.2) is 0 Å². The molecular formula is C18H40. The van der Waals surface area contributed by atoms with E-state index in [0.29, 0.717) is 10.8 Å². The Hall–Kier alpha value is -0.520. The van der Waals surface area contributed by atoms with E-state index in [4.69, 9.17) is 0 Å². The first-order valence-electron chi connectivity index (χ1n) is 7.10. The molecule has 0 aromatic heterocycles. The van der Waals surface area contributed by atoms with E-state index in [-0.39, 0.29) is 0 Å². The molecule has 0 bridgehead atoms. The first kappa shape index (κ1) is 26.1. The zero-order valence-electron chi connectivity index (χ0n) is 15.4. The van der Waals surface area contributed by atoms with Crippen LogP contribution in [0.4, 0.5) is 0 Å². The fraction of sp³-hybridized carbons (Fsp3) is 0.778. The summed E-state index contributed by atoms with van der Waals surface area (Å²) in [5.41, 5.74) is 2.33. The Labute approximate surface area is 119 Å². The number of rotatable bonds is 0. The minimum atomic E-state index is 0.370. The Bertz CT molecular complexity index is 175. The predicted octanol–water partition coefficient (Wildman–Crippen LogP) is 7.27. The smallest absolute Gasteiger partial charge is 0.0176 e. The highest BCUT2D eigenvalue weighted by Gasteiger charge is 2.09. The minimum Gasteiger partial charge on any atom is -0.103 e. The van der Waals surface area contributed by atoms with Crippen molar-refractivity contribution in [1.29, 1.82) is 0 Å². The van der Waals surface area contributed by atoms with E-state index in [1.807, 2.05) is 20.8 Å². The molecule has 0 heteroatoms. The largest absolute Gasteiger partial charge is 0.103 e. The predicted molar refractivity (Wildman–Crippen MR) is 91.2 cm³/mol. The van der Waals surface area contributed by atoms with Crippen molar-refractivity contribution in [3.05, 3.63) is 24.3 Å². The van der Waals surface area contributed by atoms with E-state index in [9.17, 15) is 0 Å². The van der Waals surface area contributed by atoms with Gasteiger partial charge in [0.05, 0.1) is 0 Å². The molecule has 0 aromatic carbocycles. The third-order valence-electron chi connectivity index (χ3n) is 1.62.